The van der Waals surface area contributed by atoms with Crippen molar-refractivity contribution in [2.75, 3.05) is 6.54 Å². The number of carbonyl (C=O) groups is 2. The van der Waals surface area contributed by atoms with Gasteiger partial charge in [-0.3, -0.25) is 9.59 Å². The van der Waals surface area contributed by atoms with E-state index >= 15 is 0 Å². The number of nitrogens with one attached hydrogen (secondary N) is 1. The molecule has 0 saturated carbocycles. The Balaban J connectivity index is 2.75. The maximum atomic E-state index is 13.3. The Kier molecular flexibility index (Phi) is 4.91. The fraction of sp³-hybridized carbons (Fsp3) is 0.417. The van der Waals surface area contributed by atoms with Crippen LogP contribution in [0, 0.1) is 23.6 Å². The molecular weight excluding hydrogens is 258 g/mol. The van der Waals surface area contributed by atoms with Gasteiger partial charge in [0.05, 0.1) is 11.5 Å². The van der Waals surface area contributed by atoms with E-state index < -0.39 is 35.1 Å². The van der Waals surface area contributed by atoms with Crippen molar-refractivity contribution in [2.24, 2.45) is 11.8 Å². The van der Waals surface area contributed by atoms with Crippen LogP contribution in [0.3, 0.4) is 0 Å². The molecule has 1 amide bonds. The SMILES string of the molecule is CC(C)C(CNC(=O)c1ccnc(F)c1F)C(=O)O. The molecule has 1 rings (SSSR count). The summed E-state index contributed by atoms with van der Waals surface area (Å²) in [4.78, 5) is 25.6. The highest BCUT2D eigenvalue weighted by molar-refractivity contribution is 5.94. The summed E-state index contributed by atoms with van der Waals surface area (Å²) >= 11 is 0. The number of carboxylic acid groups (broad SMARTS) is 1. The van der Waals surface area contributed by atoms with E-state index in [1.807, 2.05) is 0 Å². The molecule has 0 saturated heterocycles. The molecule has 0 aliphatic rings. The van der Waals surface area contributed by atoms with Gasteiger partial charge in [0.15, 0.2) is 5.82 Å². The highest BCUT2D eigenvalue weighted by Crippen LogP contribution is 2.12. The number of aliphatic carboxylic acids is 1. The largest absolute Gasteiger partial charge is 0.481 e. The minimum absolute atomic E-state index is 0.158. The molecule has 2 N–H and O–H groups in total. The number of halogens is 2. The van der Waals surface area contributed by atoms with E-state index in [1.165, 1.54) is 0 Å². The first-order valence-electron chi connectivity index (χ1n) is 5.65. The lowest BCUT2D eigenvalue weighted by molar-refractivity contribution is -0.142. The zero-order valence-corrected chi connectivity index (χ0v) is 10.5. The monoisotopic (exact) mass is 272 g/mol. The van der Waals surface area contributed by atoms with Gasteiger partial charge >= 0.3 is 5.97 Å². The van der Waals surface area contributed by atoms with Gasteiger partial charge in [-0.05, 0) is 12.0 Å². The molecule has 0 aliphatic carbocycles. The Hall–Kier alpha value is -2.05. The molecule has 0 spiro atoms. The molecule has 1 heterocycles. The number of aromatic nitrogens is 1. The maximum Gasteiger partial charge on any atom is 0.308 e. The van der Waals surface area contributed by atoms with Crippen LogP contribution in [0.4, 0.5) is 8.78 Å². The van der Waals surface area contributed by atoms with Crippen molar-refractivity contribution >= 4 is 11.9 Å². The summed E-state index contributed by atoms with van der Waals surface area (Å²) in [5.74, 6) is -5.64. The van der Waals surface area contributed by atoms with Gasteiger partial charge in [-0.15, -0.1) is 0 Å². The molecule has 19 heavy (non-hydrogen) atoms. The van der Waals surface area contributed by atoms with Gasteiger partial charge in [-0.2, -0.15) is 4.39 Å². The summed E-state index contributed by atoms with van der Waals surface area (Å²) in [6.45, 7) is 3.23. The first-order valence-corrected chi connectivity index (χ1v) is 5.65. The molecular formula is C12H14F2N2O3. The Bertz CT molecular complexity index is 492. The van der Waals surface area contributed by atoms with Crippen molar-refractivity contribution < 1.29 is 23.5 Å². The van der Waals surface area contributed by atoms with E-state index in [0.29, 0.717) is 0 Å². The van der Waals surface area contributed by atoms with Crippen LogP contribution >= 0.6 is 0 Å². The van der Waals surface area contributed by atoms with E-state index in [9.17, 15) is 18.4 Å². The summed E-state index contributed by atoms with van der Waals surface area (Å²) < 4.78 is 26.1. The van der Waals surface area contributed by atoms with Crippen molar-refractivity contribution in [3.05, 3.63) is 29.6 Å². The van der Waals surface area contributed by atoms with Crippen LogP contribution in [-0.2, 0) is 4.79 Å². The molecule has 5 nitrogen and oxygen atoms in total. The number of hydrogen-bond donors (Lipinski definition) is 2. The molecule has 104 valence electrons. The predicted octanol–water partition coefficient (Wildman–Crippen LogP) is 1.45. The van der Waals surface area contributed by atoms with E-state index in [4.69, 9.17) is 5.11 Å². The molecule has 0 aliphatic heterocycles. The van der Waals surface area contributed by atoms with E-state index in [2.05, 4.69) is 10.3 Å². The van der Waals surface area contributed by atoms with Crippen LogP contribution in [0.25, 0.3) is 0 Å². The number of rotatable bonds is 5. The minimum Gasteiger partial charge on any atom is -0.481 e. The maximum absolute atomic E-state index is 13.3. The van der Waals surface area contributed by atoms with E-state index in [1.54, 1.807) is 13.8 Å². The number of nitrogens with zero attached hydrogens (tertiary/aromatic N) is 1. The fourth-order valence-electron chi connectivity index (χ4n) is 1.50. The van der Waals surface area contributed by atoms with Gasteiger partial charge in [0.1, 0.15) is 0 Å². The van der Waals surface area contributed by atoms with Crippen molar-refractivity contribution in [2.45, 2.75) is 13.8 Å². The van der Waals surface area contributed by atoms with Gasteiger partial charge in [0, 0.05) is 12.7 Å². The van der Waals surface area contributed by atoms with Crippen molar-refractivity contribution in [3.63, 3.8) is 0 Å². The Morgan fingerprint density at radius 1 is 1.42 bits per heavy atom. The minimum atomic E-state index is -1.37. The Morgan fingerprint density at radius 3 is 2.58 bits per heavy atom. The zero-order chi connectivity index (χ0) is 14.6. The average Bonchev–Trinajstić information content (AvgIpc) is 2.31. The summed E-state index contributed by atoms with van der Waals surface area (Å²) in [7, 11) is 0. The third-order valence-electron chi connectivity index (χ3n) is 2.70. The lowest BCUT2D eigenvalue weighted by Gasteiger charge is -2.16. The van der Waals surface area contributed by atoms with Crippen molar-refractivity contribution in [1.82, 2.24) is 10.3 Å². The molecule has 0 radical (unpaired) electrons. The topological polar surface area (TPSA) is 79.3 Å². The van der Waals surface area contributed by atoms with Crippen LogP contribution in [0.2, 0.25) is 0 Å². The summed E-state index contributed by atoms with van der Waals surface area (Å²) in [5, 5.41) is 11.2. The second-order valence-electron chi connectivity index (χ2n) is 4.36. The highest BCUT2D eigenvalue weighted by Gasteiger charge is 2.23. The third kappa shape index (κ3) is 3.70. The van der Waals surface area contributed by atoms with Crippen LogP contribution in [0.5, 0.6) is 0 Å². The number of hydrogen-bond acceptors (Lipinski definition) is 3. The molecule has 0 bridgehead atoms. The number of pyridine rings is 1. The van der Waals surface area contributed by atoms with Gasteiger partial charge in [0.2, 0.25) is 5.95 Å². The number of carbonyl (C=O) groups excluding carboxylic acids is 1. The van der Waals surface area contributed by atoms with Crippen LogP contribution in [0.1, 0.15) is 24.2 Å². The lowest BCUT2D eigenvalue weighted by Crippen LogP contribution is -2.36. The van der Waals surface area contributed by atoms with E-state index in [-0.39, 0.29) is 12.5 Å². The number of carboxylic acids is 1. The molecule has 1 aromatic rings. The second kappa shape index (κ2) is 6.21. The average molecular weight is 272 g/mol. The zero-order valence-electron chi connectivity index (χ0n) is 10.5. The van der Waals surface area contributed by atoms with Crippen LogP contribution in [-0.4, -0.2) is 28.5 Å². The smallest absolute Gasteiger partial charge is 0.308 e. The highest BCUT2D eigenvalue weighted by atomic mass is 19.2. The summed E-state index contributed by atoms with van der Waals surface area (Å²) in [6.07, 6.45) is 0.963. The molecule has 1 unspecified atom stereocenters. The number of amides is 1. The van der Waals surface area contributed by atoms with Crippen molar-refractivity contribution in [1.29, 1.82) is 0 Å². The fourth-order valence-corrected chi connectivity index (χ4v) is 1.50. The normalized spacial score (nSPS) is 12.3. The second-order valence-corrected chi connectivity index (χ2v) is 4.36. The molecule has 1 aromatic heterocycles. The first-order chi connectivity index (χ1) is 8.84. The molecule has 0 fully saturated rings. The van der Waals surface area contributed by atoms with Crippen LogP contribution < -0.4 is 5.32 Å². The first kappa shape index (κ1) is 15.0. The van der Waals surface area contributed by atoms with E-state index in [0.717, 1.165) is 12.3 Å². The predicted molar refractivity (Wildman–Crippen MR) is 62.5 cm³/mol. The quantitative estimate of drug-likeness (QED) is 0.795. The van der Waals surface area contributed by atoms with Gasteiger partial charge in [0.25, 0.3) is 5.91 Å². The van der Waals surface area contributed by atoms with Crippen LogP contribution in [0.15, 0.2) is 12.3 Å². The molecule has 0 aromatic carbocycles. The summed E-state index contributed by atoms with van der Waals surface area (Å²) in [6, 6.07) is 1.03. The van der Waals surface area contributed by atoms with Gasteiger partial charge in [-0.25, -0.2) is 9.37 Å². The molecule has 7 heteroatoms. The standard InChI is InChI=1S/C12H14F2N2O3/c1-6(2)8(12(18)19)5-16-11(17)7-3-4-15-10(14)9(7)13/h3-4,6,8H,5H2,1-2H3,(H,16,17)(H,18,19). The third-order valence-corrected chi connectivity index (χ3v) is 2.70. The van der Waals surface area contributed by atoms with Gasteiger partial charge in [-0.1, -0.05) is 13.8 Å². The van der Waals surface area contributed by atoms with Gasteiger partial charge < -0.3 is 10.4 Å². The molecule has 1 atom stereocenters. The summed E-state index contributed by atoms with van der Waals surface area (Å²) in [5.41, 5.74) is -0.500. The Morgan fingerprint density at radius 2 is 2.05 bits per heavy atom. The Labute approximate surface area is 108 Å². The van der Waals surface area contributed by atoms with Crippen molar-refractivity contribution in [3.8, 4) is 0 Å². The lowest BCUT2D eigenvalue weighted by atomic mass is 9.96.